The summed E-state index contributed by atoms with van der Waals surface area (Å²) in [6.45, 7) is 1.36. The van der Waals surface area contributed by atoms with Crippen molar-refractivity contribution >= 4 is 5.78 Å². The number of aliphatic hydroxyl groups is 1. The zero-order chi connectivity index (χ0) is 9.84. The van der Waals surface area contributed by atoms with Gasteiger partial charge in [-0.1, -0.05) is 24.3 Å². The fourth-order valence-corrected chi connectivity index (χ4v) is 1.20. The number of Topliss-reactive ketones (excluding diaryl/α,β-unsaturated/α-hetero) is 1. The van der Waals surface area contributed by atoms with Crippen molar-refractivity contribution in [2.24, 2.45) is 5.73 Å². The van der Waals surface area contributed by atoms with E-state index >= 15 is 0 Å². The average Bonchev–Trinajstić information content (AvgIpc) is 2.16. The van der Waals surface area contributed by atoms with Gasteiger partial charge in [-0.15, -0.1) is 0 Å². The van der Waals surface area contributed by atoms with Gasteiger partial charge >= 0.3 is 0 Å². The highest BCUT2D eigenvalue weighted by molar-refractivity contribution is 5.83. The van der Waals surface area contributed by atoms with E-state index in [1.165, 1.54) is 6.92 Å². The normalized spacial score (nSPS) is 12.5. The lowest BCUT2D eigenvalue weighted by atomic mass is 9.99. The Morgan fingerprint density at radius 1 is 1.54 bits per heavy atom. The van der Waals surface area contributed by atoms with Crippen LogP contribution in [0.2, 0.25) is 0 Å². The Balaban J connectivity index is 3.05. The van der Waals surface area contributed by atoms with Crippen LogP contribution in [0.1, 0.15) is 24.1 Å². The number of benzene rings is 1. The number of ketones is 1. The predicted octanol–water partition coefficient (Wildman–Crippen LogP) is 0.768. The van der Waals surface area contributed by atoms with Gasteiger partial charge in [-0.2, -0.15) is 0 Å². The highest BCUT2D eigenvalue weighted by atomic mass is 16.3. The van der Waals surface area contributed by atoms with Crippen LogP contribution >= 0.6 is 0 Å². The molecule has 0 aliphatic heterocycles. The summed E-state index contributed by atoms with van der Waals surface area (Å²) in [5.74, 6) is -0.0964. The molecule has 1 unspecified atom stereocenters. The minimum atomic E-state index is -0.622. The van der Waals surface area contributed by atoms with E-state index in [0.29, 0.717) is 11.1 Å². The van der Waals surface area contributed by atoms with E-state index in [9.17, 15) is 4.79 Å². The minimum Gasteiger partial charge on any atom is -0.392 e. The molecule has 0 aliphatic carbocycles. The molecular formula is C10H13NO2. The lowest BCUT2D eigenvalue weighted by molar-refractivity contribution is -0.118. The highest BCUT2D eigenvalue weighted by Gasteiger charge is 2.13. The molecule has 13 heavy (non-hydrogen) atoms. The molecule has 3 N–H and O–H groups in total. The number of hydrogen-bond donors (Lipinski definition) is 2. The summed E-state index contributed by atoms with van der Waals surface area (Å²) in [5.41, 5.74) is 7.07. The third-order valence-electron chi connectivity index (χ3n) is 2.00. The lowest BCUT2D eigenvalue weighted by Crippen LogP contribution is -2.20. The van der Waals surface area contributed by atoms with E-state index < -0.39 is 6.04 Å². The largest absolute Gasteiger partial charge is 0.392 e. The van der Waals surface area contributed by atoms with Crippen molar-refractivity contribution in [1.82, 2.24) is 0 Å². The molecule has 3 heteroatoms. The van der Waals surface area contributed by atoms with Crippen LogP contribution in [0.4, 0.5) is 0 Å². The number of aliphatic hydroxyl groups excluding tert-OH is 1. The van der Waals surface area contributed by atoms with Crippen LogP contribution < -0.4 is 5.73 Å². The third-order valence-corrected chi connectivity index (χ3v) is 2.00. The van der Waals surface area contributed by atoms with Gasteiger partial charge in [0.15, 0.2) is 5.78 Å². The second kappa shape index (κ2) is 4.16. The van der Waals surface area contributed by atoms with Gasteiger partial charge in [0.25, 0.3) is 0 Å². The number of rotatable bonds is 3. The van der Waals surface area contributed by atoms with Crippen molar-refractivity contribution in [1.29, 1.82) is 0 Å². The third kappa shape index (κ3) is 2.14. The van der Waals surface area contributed by atoms with Gasteiger partial charge in [-0.3, -0.25) is 4.79 Å². The SMILES string of the molecule is CC(=O)C(N)c1ccccc1CO. The molecule has 0 aliphatic rings. The second-order valence-electron chi connectivity index (χ2n) is 2.95. The smallest absolute Gasteiger partial charge is 0.150 e. The Morgan fingerprint density at radius 2 is 2.15 bits per heavy atom. The molecule has 0 saturated carbocycles. The maximum absolute atomic E-state index is 11.0. The summed E-state index contributed by atoms with van der Waals surface area (Å²) in [7, 11) is 0. The molecule has 0 aromatic heterocycles. The van der Waals surface area contributed by atoms with Gasteiger partial charge in [-0.25, -0.2) is 0 Å². The molecule has 70 valence electrons. The number of hydrogen-bond acceptors (Lipinski definition) is 3. The van der Waals surface area contributed by atoms with E-state index in [1.54, 1.807) is 18.2 Å². The van der Waals surface area contributed by atoms with E-state index in [2.05, 4.69) is 0 Å². The molecule has 0 heterocycles. The molecule has 0 radical (unpaired) electrons. The van der Waals surface area contributed by atoms with Crippen LogP contribution in [0, 0.1) is 0 Å². The maximum atomic E-state index is 11.0. The molecular weight excluding hydrogens is 166 g/mol. The molecule has 1 atom stereocenters. The van der Waals surface area contributed by atoms with Crippen molar-refractivity contribution < 1.29 is 9.90 Å². The van der Waals surface area contributed by atoms with E-state index in [1.807, 2.05) is 6.07 Å². The molecule has 0 saturated heterocycles. The average molecular weight is 179 g/mol. The zero-order valence-corrected chi connectivity index (χ0v) is 7.53. The standard InChI is InChI=1S/C10H13NO2/c1-7(13)10(11)9-5-3-2-4-8(9)6-12/h2-5,10,12H,6,11H2,1H3. The monoisotopic (exact) mass is 179 g/mol. The Hall–Kier alpha value is -1.19. The summed E-state index contributed by atoms with van der Waals surface area (Å²) in [5, 5.41) is 8.98. The molecule has 0 amide bonds. The number of carbonyl (C=O) groups is 1. The van der Waals surface area contributed by atoms with Crippen LogP contribution in [0.3, 0.4) is 0 Å². The van der Waals surface area contributed by atoms with Crippen LogP contribution in [-0.2, 0) is 11.4 Å². The van der Waals surface area contributed by atoms with Crippen molar-refractivity contribution in [2.75, 3.05) is 0 Å². The molecule has 3 nitrogen and oxygen atoms in total. The van der Waals surface area contributed by atoms with Gasteiger partial charge < -0.3 is 10.8 Å². The van der Waals surface area contributed by atoms with E-state index in [0.717, 1.165) is 0 Å². The van der Waals surface area contributed by atoms with Gasteiger partial charge in [-0.05, 0) is 18.1 Å². The van der Waals surface area contributed by atoms with E-state index in [-0.39, 0.29) is 12.4 Å². The summed E-state index contributed by atoms with van der Waals surface area (Å²) < 4.78 is 0. The maximum Gasteiger partial charge on any atom is 0.150 e. The van der Waals surface area contributed by atoms with Crippen molar-refractivity contribution in [3.63, 3.8) is 0 Å². The van der Waals surface area contributed by atoms with Crippen molar-refractivity contribution in [2.45, 2.75) is 19.6 Å². The van der Waals surface area contributed by atoms with Gasteiger partial charge in [0.1, 0.15) is 0 Å². The van der Waals surface area contributed by atoms with E-state index in [4.69, 9.17) is 10.8 Å². The van der Waals surface area contributed by atoms with Gasteiger partial charge in [0.2, 0.25) is 0 Å². The first-order chi connectivity index (χ1) is 6.16. The Kier molecular flexibility index (Phi) is 3.17. The van der Waals surface area contributed by atoms with Crippen LogP contribution in [0.25, 0.3) is 0 Å². The minimum absolute atomic E-state index is 0.0862. The molecule has 1 aromatic carbocycles. The Morgan fingerprint density at radius 3 is 2.69 bits per heavy atom. The van der Waals surface area contributed by atoms with Crippen LogP contribution in [0.5, 0.6) is 0 Å². The lowest BCUT2D eigenvalue weighted by Gasteiger charge is -2.11. The predicted molar refractivity (Wildman–Crippen MR) is 50.0 cm³/mol. The first-order valence-corrected chi connectivity index (χ1v) is 4.11. The zero-order valence-electron chi connectivity index (χ0n) is 7.53. The molecule has 0 bridgehead atoms. The summed E-state index contributed by atoms with van der Waals surface area (Å²) in [6, 6.07) is 6.51. The van der Waals surface area contributed by atoms with Crippen LogP contribution in [0.15, 0.2) is 24.3 Å². The van der Waals surface area contributed by atoms with Crippen LogP contribution in [-0.4, -0.2) is 10.9 Å². The van der Waals surface area contributed by atoms with Crippen molar-refractivity contribution in [3.05, 3.63) is 35.4 Å². The van der Waals surface area contributed by atoms with Crippen molar-refractivity contribution in [3.8, 4) is 0 Å². The topological polar surface area (TPSA) is 63.3 Å². The fraction of sp³-hybridized carbons (Fsp3) is 0.300. The molecule has 0 spiro atoms. The number of nitrogens with two attached hydrogens (primary N) is 1. The molecule has 1 rings (SSSR count). The quantitative estimate of drug-likeness (QED) is 0.720. The fourth-order valence-electron chi connectivity index (χ4n) is 1.20. The second-order valence-corrected chi connectivity index (χ2v) is 2.95. The Bertz CT molecular complexity index is 310. The molecule has 1 aromatic rings. The number of carbonyl (C=O) groups excluding carboxylic acids is 1. The van der Waals surface area contributed by atoms with Gasteiger partial charge in [0, 0.05) is 0 Å². The first kappa shape index (κ1) is 9.89. The van der Waals surface area contributed by atoms with Gasteiger partial charge in [0.05, 0.1) is 12.6 Å². The Labute approximate surface area is 77.2 Å². The summed E-state index contributed by atoms with van der Waals surface area (Å²) in [4.78, 5) is 11.0. The molecule has 0 fully saturated rings. The first-order valence-electron chi connectivity index (χ1n) is 4.11. The summed E-state index contributed by atoms with van der Waals surface area (Å²) >= 11 is 0. The summed E-state index contributed by atoms with van der Waals surface area (Å²) in [6.07, 6.45) is 0. The highest BCUT2D eigenvalue weighted by Crippen LogP contribution is 2.16.